The summed E-state index contributed by atoms with van der Waals surface area (Å²) in [5.74, 6) is 0.935. The van der Waals surface area contributed by atoms with Gasteiger partial charge in [-0.2, -0.15) is 0 Å². The third-order valence-electron chi connectivity index (χ3n) is 3.62. The van der Waals surface area contributed by atoms with Gasteiger partial charge in [0.2, 0.25) is 0 Å². The Kier molecular flexibility index (Phi) is 6.63. The van der Waals surface area contributed by atoms with Crippen molar-refractivity contribution in [1.29, 1.82) is 0 Å². The summed E-state index contributed by atoms with van der Waals surface area (Å²) in [4.78, 5) is 12.1. The second-order valence-electron chi connectivity index (χ2n) is 5.05. The highest BCUT2D eigenvalue weighted by Crippen LogP contribution is 2.33. The Labute approximate surface area is 150 Å². The zero-order valence-corrected chi connectivity index (χ0v) is 15.4. The van der Waals surface area contributed by atoms with E-state index in [1.807, 2.05) is 42.5 Å². The van der Waals surface area contributed by atoms with Gasteiger partial charge in [-0.1, -0.05) is 46.3 Å². The first kappa shape index (κ1) is 18.3. The molecule has 5 nitrogen and oxygen atoms in total. The molecule has 6 heteroatoms. The molecule has 24 heavy (non-hydrogen) atoms. The summed E-state index contributed by atoms with van der Waals surface area (Å²) in [5, 5.41) is 3.23. The van der Waals surface area contributed by atoms with E-state index in [0.29, 0.717) is 18.0 Å². The summed E-state index contributed by atoms with van der Waals surface area (Å²) in [5.41, 5.74) is 1.79. The molecule has 0 heterocycles. The largest absolute Gasteiger partial charge is 0.493 e. The van der Waals surface area contributed by atoms with Gasteiger partial charge in [-0.05, 0) is 23.3 Å². The van der Waals surface area contributed by atoms with Gasteiger partial charge < -0.3 is 14.2 Å². The maximum Gasteiger partial charge on any atom is 0.327 e. The molecule has 0 aliphatic rings. The summed E-state index contributed by atoms with van der Waals surface area (Å²) in [7, 11) is 4.56. The highest BCUT2D eigenvalue weighted by atomic mass is 79.9. The fraction of sp³-hybridized carbons (Fsp3) is 0.278. The number of halogens is 1. The smallest absolute Gasteiger partial charge is 0.327 e. The van der Waals surface area contributed by atoms with Gasteiger partial charge in [0.1, 0.15) is 6.04 Å². The first-order valence-electron chi connectivity index (χ1n) is 7.37. The molecule has 1 unspecified atom stereocenters. The van der Waals surface area contributed by atoms with E-state index in [4.69, 9.17) is 14.2 Å². The van der Waals surface area contributed by atoms with Crippen molar-refractivity contribution in [3.63, 3.8) is 0 Å². The van der Waals surface area contributed by atoms with Crippen LogP contribution in [0.25, 0.3) is 0 Å². The predicted octanol–water partition coefficient (Wildman–Crippen LogP) is 3.47. The molecule has 2 rings (SSSR count). The third-order valence-corrected chi connectivity index (χ3v) is 4.36. The summed E-state index contributed by atoms with van der Waals surface area (Å²) in [6, 6.07) is 12.6. The quantitative estimate of drug-likeness (QED) is 0.729. The van der Waals surface area contributed by atoms with Crippen molar-refractivity contribution in [3.8, 4) is 11.5 Å². The highest BCUT2D eigenvalue weighted by Gasteiger charge is 2.21. The predicted molar refractivity (Wildman–Crippen MR) is 95.3 cm³/mol. The average molecular weight is 394 g/mol. The number of ether oxygens (including phenoxy) is 3. The lowest BCUT2D eigenvalue weighted by Crippen LogP contribution is -2.29. The van der Waals surface area contributed by atoms with Gasteiger partial charge >= 0.3 is 5.97 Å². The van der Waals surface area contributed by atoms with Crippen LogP contribution in [0, 0.1) is 0 Å². The van der Waals surface area contributed by atoms with Crippen molar-refractivity contribution >= 4 is 21.9 Å². The van der Waals surface area contributed by atoms with Gasteiger partial charge in [0.05, 0.1) is 21.3 Å². The fourth-order valence-corrected chi connectivity index (χ4v) is 2.81. The van der Waals surface area contributed by atoms with Crippen LogP contribution >= 0.6 is 15.9 Å². The molecule has 0 aromatic heterocycles. The van der Waals surface area contributed by atoms with Crippen LogP contribution in [0.15, 0.2) is 46.9 Å². The molecule has 2 aromatic rings. The zero-order chi connectivity index (χ0) is 17.5. The second-order valence-corrected chi connectivity index (χ2v) is 5.90. The van der Waals surface area contributed by atoms with Crippen LogP contribution in [0.1, 0.15) is 17.2 Å². The van der Waals surface area contributed by atoms with E-state index in [9.17, 15) is 4.79 Å². The Balaban J connectivity index is 2.22. The van der Waals surface area contributed by atoms with E-state index >= 15 is 0 Å². The van der Waals surface area contributed by atoms with Crippen LogP contribution in [-0.4, -0.2) is 27.3 Å². The molecule has 0 saturated carbocycles. The number of carbonyl (C=O) groups is 1. The van der Waals surface area contributed by atoms with E-state index in [1.54, 1.807) is 14.2 Å². The van der Waals surface area contributed by atoms with Crippen LogP contribution < -0.4 is 14.8 Å². The van der Waals surface area contributed by atoms with E-state index in [-0.39, 0.29) is 5.97 Å². The van der Waals surface area contributed by atoms with Crippen molar-refractivity contribution in [1.82, 2.24) is 5.32 Å². The molecule has 0 bridgehead atoms. The maximum absolute atomic E-state index is 12.1. The van der Waals surface area contributed by atoms with Crippen molar-refractivity contribution in [2.45, 2.75) is 12.6 Å². The summed E-state index contributed by atoms with van der Waals surface area (Å²) in [6.07, 6.45) is 0. The molecule has 2 aromatic carbocycles. The van der Waals surface area contributed by atoms with Crippen LogP contribution in [0.2, 0.25) is 0 Å². The van der Waals surface area contributed by atoms with Gasteiger partial charge in [0.15, 0.2) is 11.5 Å². The number of benzene rings is 2. The molecule has 0 amide bonds. The Bertz CT molecular complexity index is 691. The minimum atomic E-state index is -0.545. The van der Waals surface area contributed by atoms with E-state index < -0.39 is 6.04 Å². The van der Waals surface area contributed by atoms with Crippen molar-refractivity contribution in [2.24, 2.45) is 0 Å². The second kappa shape index (κ2) is 8.70. The Morgan fingerprint density at radius 2 is 1.71 bits per heavy atom. The summed E-state index contributed by atoms with van der Waals surface area (Å²) < 4.78 is 16.4. The molecular weight excluding hydrogens is 374 g/mol. The topological polar surface area (TPSA) is 56.8 Å². The Morgan fingerprint density at radius 1 is 1.08 bits per heavy atom. The van der Waals surface area contributed by atoms with Gasteiger partial charge in [0.25, 0.3) is 0 Å². The van der Waals surface area contributed by atoms with Crippen LogP contribution in [0.4, 0.5) is 0 Å². The van der Waals surface area contributed by atoms with Gasteiger partial charge in [0, 0.05) is 11.0 Å². The fourth-order valence-electron chi connectivity index (χ4n) is 2.34. The molecule has 0 radical (unpaired) electrons. The van der Waals surface area contributed by atoms with Crippen molar-refractivity contribution in [3.05, 3.63) is 58.1 Å². The van der Waals surface area contributed by atoms with Crippen molar-refractivity contribution in [2.75, 3.05) is 21.3 Å². The van der Waals surface area contributed by atoms with E-state index in [0.717, 1.165) is 15.6 Å². The Hall–Kier alpha value is -2.05. The third kappa shape index (κ3) is 4.27. The van der Waals surface area contributed by atoms with Gasteiger partial charge in [-0.3, -0.25) is 5.32 Å². The lowest BCUT2D eigenvalue weighted by molar-refractivity contribution is -0.143. The number of esters is 1. The lowest BCUT2D eigenvalue weighted by Gasteiger charge is -2.18. The number of carbonyl (C=O) groups excluding carboxylic acids is 1. The minimum absolute atomic E-state index is 0.335. The van der Waals surface area contributed by atoms with Crippen LogP contribution in [0.3, 0.4) is 0 Å². The van der Waals surface area contributed by atoms with E-state index in [1.165, 1.54) is 7.11 Å². The number of hydrogen-bond acceptors (Lipinski definition) is 5. The summed E-state index contributed by atoms with van der Waals surface area (Å²) >= 11 is 3.52. The lowest BCUT2D eigenvalue weighted by atomic mass is 10.1. The normalized spacial score (nSPS) is 11.7. The average Bonchev–Trinajstić information content (AvgIpc) is 2.63. The van der Waals surface area contributed by atoms with Crippen LogP contribution in [-0.2, 0) is 16.1 Å². The monoisotopic (exact) mass is 393 g/mol. The highest BCUT2D eigenvalue weighted by molar-refractivity contribution is 9.10. The molecule has 1 atom stereocenters. The standard InChI is InChI=1S/C18H20BrNO4/c1-22-15-9-13(14(19)10-16(15)23-2)11-20-17(18(21)24-3)12-7-5-4-6-8-12/h4-10,17,20H,11H2,1-3H3. The van der Waals surface area contributed by atoms with Crippen LogP contribution in [0.5, 0.6) is 11.5 Å². The SMILES string of the molecule is COC(=O)C(NCc1cc(OC)c(OC)cc1Br)c1ccccc1. The van der Waals surface area contributed by atoms with Gasteiger partial charge in [-0.25, -0.2) is 4.79 Å². The van der Waals surface area contributed by atoms with Crippen molar-refractivity contribution < 1.29 is 19.0 Å². The number of nitrogens with one attached hydrogen (secondary N) is 1. The number of methoxy groups -OCH3 is 3. The molecule has 0 aliphatic carbocycles. The summed E-state index contributed by atoms with van der Waals surface area (Å²) in [6.45, 7) is 0.454. The molecule has 128 valence electrons. The molecule has 0 spiro atoms. The maximum atomic E-state index is 12.1. The first-order chi connectivity index (χ1) is 11.6. The number of hydrogen-bond donors (Lipinski definition) is 1. The first-order valence-corrected chi connectivity index (χ1v) is 8.16. The molecule has 0 saturated heterocycles. The molecule has 0 fully saturated rings. The van der Waals surface area contributed by atoms with E-state index in [2.05, 4.69) is 21.2 Å². The minimum Gasteiger partial charge on any atom is -0.493 e. The molecule has 0 aliphatic heterocycles. The van der Waals surface area contributed by atoms with Gasteiger partial charge in [-0.15, -0.1) is 0 Å². The number of rotatable bonds is 7. The Morgan fingerprint density at radius 3 is 2.29 bits per heavy atom. The molecular formula is C18H20BrNO4. The molecule has 1 N–H and O–H groups in total. The zero-order valence-electron chi connectivity index (χ0n) is 13.8.